The summed E-state index contributed by atoms with van der Waals surface area (Å²) < 4.78 is 42.2. The fourth-order valence-corrected chi connectivity index (χ4v) is 10.2. The molecular weight excluding hydrogens is 687 g/mol. The molecule has 10 rings (SSSR count). The van der Waals surface area contributed by atoms with Gasteiger partial charge in [0.25, 0.3) is 0 Å². The van der Waals surface area contributed by atoms with E-state index in [2.05, 4.69) is 49.4 Å². The van der Waals surface area contributed by atoms with Gasteiger partial charge < -0.3 is 9.47 Å². The van der Waals surface area contributed by atoms with Crippen LogP contribution in [0.1, 0.15) is 87.7 Å². The molecule has 2 aromatic heterocycles. The van der Waals surface area contributed by atoms with Crippen LogP contribution in [0.4, 0.5) is 8.78 Å². The van der Waals surface area contributed by atoms with Gasteiger partial charge in [0.2, 0.25) is 0 Å². The van der Waals surface area contributed by atoms with Gasteiger partial charge in [0, 0.05) is 34.8 Å². The Morgan fingerprint density at radius 1 is 0.630 bits per heavy atom. The molecule has 4 aromatic rings. The highest BCUT2D eigenvalue weighted by Gasteiger charge is 2.61. The van der Waals surface area contributed by atoms with Crippen molar-refractivity contribution in [2.45, 2.75) is 89.3 Å². The topological polar surface area (TPSA) is 88.2 Å². The van der Waals surface area contributed by atoms with Gasteiger partial charge in [-0.3, -0.25) is 0 Å². The van der Waals surface area contributed by atoms with Crippen LogP contribution in [0.25, 0.3) is 23.5 Å². The Labute approximate surface area is 312 Å². The molecule has 0 N–H and O–H groups in total. The van der Waals surface area contributed by atoms with E-state index in [1.165, 1.54) is 35.4 Å². The minimum absolute atomic E-state index is 0.246. The first-order valence-corrected chi connectivity index (χ1v) is 18.7. The van der Waals surface area contributed by atoms with E-state index in [4.69, 9.17) is 9.47 Å². The van der Waals surface area contributed by atoms with Crippen molar-refractivity contribution in [3.05, 3.63) is 131 Å². The number of hydrogen-bond donors (Lipinski definition) is 0. The van der Waals surface area contributed by atoms with Gasteiger partial charge in [-0.2, -0.15) is 10.2 Å². The second-order valence-corrected chi connectivity index (χ2v) is 16.3. The molecule has 4 atom stereocenters. The lowest BCUT2D eigenvalue weighted by Crippen LogP contribution is -2.52. The Morgan fingerprint density at radius 2 is 1.02 bits per heavy atom. The average molecular weight is 729 g/mol. The van der Waals surface area contributed by atoms with E-state index in [1.54, 1.807) is 24.3 Å². The zero-order valence-electron chi connectivity index (χ0n) is 30.6. The van der Waals surface area contributed by atoms with Crippen LogP contribution in [-0.2, 0) is 31.9 Å². The van der Waals surface area contributed by atoms with Crippen LogP contribution in [-0.4, -0.2) is 42.7 Å². The maximum Gasteiger partial charge on any atom is 0.334 e. The van der Waals surface area contributed by atoms with E-state index in [0.717, 1.165) is 85.3 Å². The third kappa shape index (κ3) is 5.05. The maximum atomic E-state index is 13.3. The molecule has 0 bridgehead atoms. The molecule has 2 aromatic carbocycles. The van der Waals surface area contributed by atoms with Crippen molar-refractivity contribution in [1.82, 2.24) is 19.6 Å². The predicted octanol–water partition coefficient (Wildman–Crippen LogP) is 8.77. The molecule has 276 valence electrons. The van der Waals surface area contributed by atoms with Gasteiger partial charge in [-0.25, -0.2) is 27.7 Å². The molecule has 4 heterocycles. The van der Waals surface area contributed by atoms with Crippen LogP contribution in [0, 0.1) is 22.5 Å². The molecule has 2 aliphatic heterocycles. The number of fused-ring (bicyclic) bond motifs is 6. The van der Waals surface area contributed by atoms with Crippen molar-refractivity contribution in [2.75, 3.05) is 0 Å². The number of ether oxygens (including phenoxy) is 2. The lowest BCUT2D eigenvalue weighted by molar-refractivity contribution is -0.161. The summed E-state index contributed by atoms with van der Waals surface area (Å²) in [6, 6.07) is 12.7. The summed E-state index contributed by atoms with van der Waals surface area (Å²) >= 11 is 0. The number of halogens is 2. The van der Waals surface area contributed by atoms with Crippen LogP contribution >= 0.6 is 0 Å². The molecule has 6 aliphatic rings. The van der Waals surface area contributed by atoms with Crippen molar-refractivity contribution in [3.8, 4) is 11.4 Å². The largest absolute Gasteiger partial charge is 0.454 e. The van der Waals surface area contributed by atoms with Gasteiger partial charge in [0.1, 0.15) is 22.8 Å². The summed E-state index contributed by atoms with van der Waals surface area (Å²) in [6.07, 6.45) is 16.6. The highest BCUT2D eigenvalue weighted by Crippen LogP contribution is 2.60. The molecule has 54 heavy (non-hydrogen) atoms. The normalized spacial score (nSPS) is 29.3. The number of benzene rings is 2. The van der Waals surface area contributed by atoms with E-state index < -0.39 is 11.2 Å². The highest BCUT2D eigenvalue weighted by molar-refractivity contribution is 5.91. The van der Waals surface area contributed by atoms with Crippen molar-refractivity contribution in [2.24, 2.45) is 10.8 Å². The fraction of sp³-hybridized carbons (Fsp3) is 0.364. The van der Waals surface area contributed by atoms with E-state index in [1.807, 2.05) is 21.8 Å². The Kier molecular flexibility index (Phi) is 7.68. The van der Waals surface area contributed by atoms with Crippen LogP contribution in [0.15, 0.2) is 96.4 Å². The maximum absolute atomic E-state index is 13.3. The highest BCUT2D eigenvalue weighted by atomic mass is 19.1. The van der Waals surface area contributed by atoms with E-state index in [0.29, 0.717) is 24.0 Å². The first kappa shape index (κ1) is 34.4. The lowest BCUT2D eigenvalue weighted by atomic mass is 9.56. The zero-order chi connectivity index (χ0) is 37.6. The van der Waals surface area contributed by atoms with Gasteiger partial charge >= 0.3 is 11.9 Å². The summed E-state index contributed by atoms with van der Waals surface area (Å²) in [7, 11) is 0. The van der Waals surface area contributed by atoms with Crippen molar-refractivity contribution < 1.29 is 27.8 Å². The minimum atomic E-state index is -0.499. The minimum Gasteiger partial charge on any atom is -0.454 e. The van der Waals surface area contributed by atoms with Crippen LogP contribution in [0.3, 0.4) is 0 Å². The van der Waals surface area contributed by atoms with Gasteiger partial charge in [0.05, 0.1) is 35.2 Å². The van der Waals surface area contributed by atoms with Gasteiger partial charge in [-0.15, -0.1) is 0 Å². The second-order valence-electron chi connectivity index (χ2n) is 16.3. The third-order valence-corrected chi connectivity index (χ3v) is 13.3. The summed E-state index contributed by atoms with van der Waals surface area (Å²) in [5.74, 6) is -1.04. The summed E-state index contributed by atoms with van der Waals surface area (Å²) in [4.78, 5) is 24.3. The molecule has 2 spiro atoms. The quantitative estimate of drug-likeness (QED) is 0.152. The predicted molar refractivity (Wildman–Crippen MR) is 199 cm³/mol. The molecule has 4 fully saturated rings. The molecule has 2 saturated carbocycles. The molecule has 0 unspecified atom stereocenters. The number of nitrogens with zero attached hydrogens (tertiary/aromatic N) is 4. The van der Waals surface area contributed by atoms with E-state index >= 15 is 0 Å². The molecular formula is C44H42F2N4O4. The first-order valence-electron chi connectivity index (χ1n) is 18.7. The number of rotatable bonds is 2. The number of aromatic nitrogens is 4. The van der Waals surface area contributed by atoms with Gasteiger partial charge in [0.15, 0.2) is 0 Å². The average Bonchev–Trinajstić information content (AvgIpc) is 3.89. The van der Waals surface area contributed by atoms with Gasteiger partial charge in [-0.05, 0) is 123 Å². The molecule has 8 nitrogen and oxygen atoms in total. The Morgan fingerprint density at radius 3 is 1.37 bits per heavy atom. The smallest absolute Gasteiger partial charge is 0.334 e. The lowest BCUT2D eigenvalue weighted by Gasteiger charge is -2.51. The van der Waals surface area contributed by atoms with Crippen molar-refractivity contribution >= 4 is 24.1 Å². The van der Waals surface area contributed by atoms with E-state index in [9.17, 15) is 18.4 Å². The number of esters is 2. The Balaban J connectivity index is 0.000000142. The van der Waals surface area contributed by atoms with Crippen LogP contribution in [0.2, 0.25) is 0 Å². The standard InChI is InChI=1S/2C22H21FN2O2/c2*1-14-11-22(27-20(14)26)9-3-4-16-10-19-15(12-21(16,22)2)13-24-25(19)18-7-5-17(23)6-8-18/h2*5-8,10,13H,1,3-4,9,11-12H2,2H3/t21-,22+;21-,22-/m00/s1. The summed E-state index contributed by atoms with van der Waals surface area (Å²) in [5.41, 5.74) is 8.25. The first-order chi connectivity index (χ1) is 25.8. The summed E-state index contributed by atoms with van der Waals surface area (Å²) in [5, 5.41) is 9.11. The van der Waals surface area contributed by atoms with Crippen molar-refractivity contribution in [3.63, 3.8) is 0 Å². The SMILES string of the molecule is C=C1C[C@@]2(CCCC3=Cc4c(cnn4-c4ccc(F)cc4)C[C@@]32C)OC1=O.C=C1C[C@]2(CCCC3=Cc4c(cnn4-c4ccc(F)cc4)C[C@@]32C)OC1=O. The molecule has 2 saturated heterocycles. The fourth-order valence-electron chi connectivity index (χ4n) is 10.2. The molecule has 0 radical (unpaired) electrons. The van der Waals surface area contributed by atoms with Gasteiger partial charge in [-0.1, -0.05) is 38.2 Å². The molecule has 4 aliphatic carbocycles. The number of carbonyl (C=O) groups excluding carboxylic acids is 2. The monoisotopic (exact) mass is 728 g/mol. The van der Waals surface area contributed by atoms with E-state index in [-0.39, 0.29) is 34.4 Å². The molecule has 10 heteroatoms. The third-order valence-electron chi connectivity index (χ3n) is 13.3. The van der Waals surface area contributed by atoms with Crippen molar-refractivity contribution in [1.29, 1.82) is 0 Å². The van der Waals surface area contributed by atoms with Crippen LogP contribution in [0.5, 0.6) is 0 Å². The number of hydrogen-bond acceptors (Lipinski definition) is 6. The molecule has 0 amide bonds. The Bertz CT molecular complexity index is 2140. The summed E-state index contributed by atoms with van der Waals surface area (Å²) in [6.45, 7) is 12.2. The second kappa shape index (κ2) is 12.1. The number of carbonyl (C=O) groups is 2. The van der Waals surface area contributed by atoms with Crippen LogP contribution < -0.4 is 0 Å². The Hall–Kier alpha value is -5.38. The zero-order valence-corrected chi connectivity index (χ0v) is 30.6.